The van der Waals surface area contributed by atoms with Crippen molar-refractivity contribution in [1.82, 2.24) is 19.9 Å². The SMILES string of the molecule is CC1(C)[C@@H]2CC[C@H](CNC(=O)c3[nH]c4cc(Cl)ccc4c3-c3c(-c4ccc(F)cc4)ncn3Cc3ccc(Cl)cc3)[C@H]1C2. The van der Waals surface area contributed by atoms with Crippen LogP contribution in [-0.4, -0.2) is 27.0 Å². The molecule has 3 aromatic carbocycles. The minimum Gasteiger partial charge on any atom is -0.350 e. The van der Waals surface area contributed by atoms with Gasteiger partial charge in [0.25, 0.3) is 5.91 Å². The number of aromatic amines is 1. The molecule has 0 saturated heterocycles. The first-order valence-electron chi connectivity index (χ1n) is 14.8. The zero-order valence-electron chi connectivity index (χ0n) is 24.1. The number of fused-ring (bicyclic) bond motifs is 3. The Morgan fingerprint density at radius 2 is 1.79 bits per heavy atom. The van der Waals surface area contributed by atoms with Crippen LogP contribution in [0.5, 0.6) is 0 Å². The van der Waals surface area contributed by atoms with E-state index in [9.17, 15) is 9.18 Å². The Morgan fingerprint density at radius 3 is 2.51 bits per heavy atom. The third kappa shape index (κ3) is 5.04. The van der Waals surface area contributed by atoms with E-state index in [0.717, 1.165) is 45.6 Å². The molecule has 3 atom stereocenters. The van der Waals surface area contributed by atoms with Crippen LogP contribution in [0.3, 0.4) is 0 Å². The number of nitrogens with zero attached hydrogens (tertiary/aromatic N) is 2. The summed E-state index contributed by atoms with van der Waals surface area (Å²) in [5.74, 6) is 1.43. The van der Waals surface area contributed by atoms with Gasteiger partial charge >= 0.3 is 0 Å². The van der Waals surface area contributed by atoms with Gasteiger partial charge in [-0.1, -0.05) is 55.2 Å². The number of rotatable bonds is 7. The Kier molecular flexibility index (Phi) is 7.10. The zero-order chi connectivity index (χ0) is 29.9. The zero-order valence-corrected chi connectivity index (χ0v) is 25.6. The van der Waals surface area contributed by atoms with E-state index in [4.69, 9.17) is 28.2 Å². The van der Waals surface area contributed by atoms with Crippen molar-refractivity contribution in [1.29, 1.82) is 0 Å². The number of carbonyl (C=O) groups is 1. The molecule has 8 rings (SSSR count). The van der Waals surface area contributed by atoms with Crippen LogP contribution in [0.2, 0.25) is 10.0 Å². The van der Waals surface area contributed by atoms with Crippen molar-refractivity contribution in [3.63, 3.8) is 0 Å². The molecule has 3 aliphatic rings. The van der Waals surface area contributed by atoms with Crippen LogP contribution in [0, 0.1) is 29.0 Å². The average Bonchev–Trinajstić information content (AvgIpc) is 3.58. The summed E-state index contributed by atoms with van der Waals surface area (Å²) < 4.78 is 16.0. The molecule has 2 heterocycles. The molecule has 1 amide bonds. The van der Waals surface area contributed by atoms with Crippen molar-refractivity contribution >= 4 is 40.0 Å². The lowest BCUT2D eigenvalue weighted by Crippen LogP contribution is -2.54. The van der Waals surface area contributed by atoms with E-state index >= 15 is 0 Å². The molecule has 3 fully saturated rings. The van der Waals surface area contributed by atoms with Gasteiger partial charge in [0.1, 0.15) is 11.5 Å². The lowest BCUT2D eigenvalue weighted by molar-refractivity contribution is -0.103. The van der Waals surface area contributed by atoms with E-state index < -0.39 is 0 Å². The van der Waals surface area contributed by atoms with Crippen molar-refractivity contribution < 1.29 is 9.18 Å². The summed E-state index contributed by atoms with van der Waals surface area (Å²) in [7, 11) is 0. The molecule has 0 radical (unpaired) electrons. The highest BCUT2D eigenvalue weighted by molar-refractivity contribution is 6.31. The molecule has 43 heavy (non-hydrogen) atoms. The largest absolute Gasteiger partial charge is 0.350 e. The molecular formula is C35H33Cl2FN4O. The number of nitrogens with one attached hydrogen (secondary N) is 2. The van der Waals surface area contributed by atoms with Crippen LogP contribution >= 0.6 is 23.2 Å². The topological polar surface area (TPSA) is 62.7 Å². The third-order valence-electron chi connectivity index (χ3n) is 9.97. The van der Waals surface area contributed by atoms with Crippen molar-refractivity contribution in [3.05, 3.63) is 100 Å². The second-order valence-corrected chi connectivity index (χ2v) is 13.5. The summed E-state index contributed by atoms with van der Waals surface area (Å²) in [4.78, 5) is 22.3. The van der Waals surface area contributed by atoms with Crippen LogP contribution in [0.1, 0.15) is 49.2 Å². The van der Waals surface area contributed by atoms with Crippen LogP contribution < -0.4 is 5.32 Å². The number of hydrogen-bond acceptors (Lipinski definition) is 2. The Morgan fingerprint density at radius 1 is 1.05 bits per heavy atom. The van der Waals surface area contributed by atoms with Gasteiger partial charge in [0.15, 0.2) is 0 Å². The van der Waals surface area contributed by atoms with Crippen molar-refractivity contribution in [3.8, 4) is 22.5 Å². The highest BCUT2D eigenvalue weighted by Gasteiger charge is 2.54. The van der Waals surface area contributed by atoms with E-state index in [1.165, 1.54) is 25.0 Å². The van der Waals surface area contributed by atoms with Crippen LogP contribution in [0.25, 0.3) is 33.4 Å². The maximum Gasteiger partial charge on any atom is 0.268 e. The molecule has 2 N–H and O–H groups in total. The Labute approximate surface area is 260 Å². The third-order valence-corrected chi connectivity index (χ3v) is 10.5. The van der Waals surface area contributed by atoms with Crippen LogP contribution in [0.4, 0.5) is 4.39 Å². The van der Waals surface area contributed by atoms with Gasteiger partial charge in [-0.2, -0.15) is 0 Å². The van der Waals surface area contributed by atoms with Crippen molar-refractivity contribution in [2.75, 3.05) is 6.54 Å². The maximum atomic E-state index is 14.1. The number of amides is 1. The van der Waals surface area contributed by atoms with Gasteiger partial charge in [0.05, 0.1) is 17.7 Å². The number of hydrogen-bond donors (Lipinski definition) is 2. The molecule has 5 nitrogen and oxygen atoms in total. The molecule has 5 aromatic rings. The summed E-state index contributed by atoms with van der Waals surface area (Å²) in [6, 6.07) is 19.6. The monoisotopic (exact) mass is 614 g/mol. The number of carbonyl (C=O) groups excluding carboxylic acids is 1. The molecule has 2 bridgehead atoms. The molecule has 8 heteroatoms. The fourth-order valence-electron chi connectivity index (χ4n) is 7.47. The van der Waals surface area contributed by atoms with Gasteiger partial charge in [-0.15, -0.1) is 0 Å². The van der Waals surface area contributed by atoms with Crippen molar-refractivity contribution in [2.24, 2.45) is 23.2 Å². The summed E-state index contributed by atoms with van der Waals surface area (Å²) in [6.07, 6.45) is 5.41. The highest BCUT2D eigenvalue weighted by Crippen LogP contribution is 2.61. The fourth-order valence-corrected chi connectivity index (χ4v) is 7.77. The van der Waals surface area contributed by atoms with Gasteiger partial charge in [-0.3, -0.25) is 4.79 Å². The Hall–Kier alpha value is -3.61. The Bertz CT molecular complexity index is 1820. The second-order valence-electron chi connectivity index (χ2n) is 12.7. The van der Waals surface area contributed by atoms with Crippen molar-refractivity contribution in [2.45, 2.75) is 39.7 Å². The first kappa shape index (κ1) is 28.2. The number of H-pyrrole nitrogens is 1. The van der Waals surface area contributed by atoms with Crippen LogP contribution in [-0.2, 0) is 6.54 Å². The first-order valence-corrected chi connectivity index (χ1v) is 15.6. The lowest BCUT2D eigenvalue weighted by Gasteiger charge is -2.60. The molecule has 3 saturated carbocycles. The maximum absolute atomic E-state index is 14.1. The highest BCUT2D eigenvalue weighted by atomic mass is 35.5. The molecule has 3 aliphatic carbocycles. The minimum absolute atomic E-state index is 0.161. The van der Waals surface area contributed by atoms with E-state index in [1.807, 2.05) is 47.0 Å². The smallest absolute Gasteiger partial charge is 0.268 e. The van der Waals surface area contributed by atoms with E-state index in [2.05, 4.69) is 24.1 Å². The fraction of sp³-hybridized carbons (Fsp3) is 0.314. The summed E-state index contributed by atoms with van der Waals surface area (Å²) in [5.41, 5.74) is 5.51. The quantitative estimate of drug-likeness (QED) is 0.192. The normalized spacial score (nSPS) is 20.6. The van der Waals surface area contributed by atoms with E-state index in [-0.39, 0.29) is 11.7 Å². The first-order chi connectivity index (χ1) is 20.7. The number of benzene rings is 3. The van der Waals surface area contributed by atoms with E-state index in [0.29, 0.717) is 51.8 Å². The molecule has 220 valence electrons. The van der Waals surface area contributed by atoms with Gasteiger partial charge in [-0.25, -0.2) is 9.37 Å². The average molecular weight is 616 g/mol. The predicted octanol–water partition coefficient (Wildman–Crippen LogP) is 8.99. The predicted molar refractivity (Wildman–Crippen MR) is 171 cm³/mol. The summed E-state index contributed by atoms with van der Waals surface area (Å²) in [5, 5.41) is 5.38. The number of imidazole rings is 1. The van der Waals surface area contributed by atoms with Crippen LogP contribution in [0.15, 0.2) is 73.1 Å². The molecule has 0 spiro atoms. The van der Waals surface area contributed by atoms with E-state index in [1.54, 1.807) is 18.5 Å². The van der Waals surface area contributed by atoms with Gasteiger partial charge < -0.3 is 14.9 Å². The summed E-state index contributed by atoms with van der Waals surface area (Å²) in [6.45, 7) is 5.89. The Balaban J connectivity index is 1.33. The number of halogens is 3. The molecule has 0 aliphatic heterocycles. The van der Waals surface area contributed by atoms with Gasteiger partial charge in [0.2, 0.25) is 0 Å². The summed E-state index contributed by atoms with van der Waals surface area (Å²) >= 11 is 12.6. The lowest BCUT2D eigenvalue weighted by atomic mass is 9.45. The number of aromatic nitrogens is 3. The minimum atomic E-state index is -0.323. The standard InChI is InChI=1S/C35H33Cl2FN4O/c1-35(2)23-8-5-22(28(35)15-23)17-39-34(43)32-30(27-14-11-25(37)16-29(27)41-32)33-31(21-6-12-26(38)13-7-21)40-19-42(33)18-20-3-9-24(36)10-4-20/h3-4,6-7,9-14,16,19,22-23,28,41H,5,8,15,17-18H2,1-2H3,(H,39,43)/t22-,23-,28-/m1/s1. The van der Waals surface area contributed by atoms with Gasteiger partial charge in [0, 0.05) is 45.2 Å². The molecular weight excluding hydrogens is 582 g/mol. The van der Waals surface area contributed by atoms with Gasteiger partial charge in [-0.05, 0) is 96.5 Å². The molecule has 2 aromatic heterocycles. The molecule has 0 unspecified atom stereocenters. The second kappa shape index (κ2) is 10.8.